The van der Waals surface area contributed by atoms with Gasteiger partial charge in [-0.25, -0.2) is 0 Å². The Morgan fingerprint density at radius 2 is 2.06 bits per heavy atom. The molecule has 0 fully saturated rings. The number of nitrogens with one attached hydrogen (secondary N) is 2. The number of carbonyl (C=O) groups is 1. The maximum Gasteiger partial charge on any atom is 0.239 e. The molecule has 18 heavy (non-hydrogen) atoms. The maximum atomic E-state index is 11.4. The second kappa shape index (κ2) is 6.95. The normalized spacial score (nSPS) is 10.0. The number of amides is 1. The van der Waals surface area contributed by atoms with Crippen molar-refractivity contribution in [1.82, 2.24) is 20.3 Å². The summed E-state index contributed by atoms with van der Waals surface area (Å²) in [5.74, 6) is 0.608. The van der Waals surface area contributed by atoms with Crippen molar-refractivity contribution < 1.29 is 4.79 Å². The van der Waals surface area contributed by atoms with Crippen molar-refractivity contribution >= 4 is 29.4 Å². The largest absolute Gasteiger partial charge is 0.355 e. The Morgan fingerprint density at radius 1 is 1.33 bits per heavy atom. The van der Waals surface area contributed by atoms with Crippen molar-refractivity contribution in [3.05, 3.63) is 5.28 Å². The number of nitrogens with zero attached hydrogens (tertiary/aromatic N) is 4. The monoisotopic (exact) mass is 272 g/mol. The third-order valence-electron chi connectivity index (χ3n) is 1.98. The smallest absolute Gasteiger partial charge is 0.239 e. The predicted molar refractivity (Wildman–Crippen MR) is 71.0 cm³/mol. The van der Waals surface area contributed by atoms with Crippen molar-refractivity contribution in [2.45, 2.75) is 13.3 Å². The number of rotatable bonds is 6. The van der Waals surface area contributed by atoms with E-state index in [4.69, 9.17) is 11.6 Å². The van der Waals surface area contributed by atoms with E-state index in [2.05, 4.69) is 25.6 Å². The topological polar surface area (TPSA) is 83.0 Å². The first-order chi connectivity index (χ1) is 8.52. The van der Waals surface area contributed by atoms with Gasteiger partial charge < -0.3 is 15.5 Å². The van der Waals surface area contributed by atoms with Gasteiger partial charge in [-0.3, -0.25) is 4.79 Å². The van der Waals surface area contributed by atoms with Crippen LogP contribution in [0.4, 0.5) is 11.9 Å². The summed E-state index contributed by atoms with van der Waals surface area (Å²) < 4.78 is 0. The Kier molecular flexibility index (Phi) is 5.57. The summed E-state index contributed by atoms with van der Waals surface area (Å²) in [5, 5.41) is 5.63. The minimum atomic E-state index is -0.111. The lowest BCUT2D eigenvalue weighted by Crippen LogP contribution is -2.30. The molecule has 0 spiro atoms. The third kappa shape index (κ3) is 4.70. The molecule has 1 heterocycles. The molecule has 1 rings (SSSR count). The highest BCUT2D eigenvalue weighted by atomic mass is 35.5. The molecule has 0 radical (unpaired) electrons. The summed E-state index contributed by atoms with van der Waals surface area (Å²) in [4.78, 5) is 25.0. The highest BCUT2D eigenvalue weighted by Gasteiger charge is 2.07. The van der Waals surface area contributed by atoms with Crippen LogP contribution < -0.4 is 15.5 Å². The highest BCUT2D eigenvalue weighted by molar-refractivity contribution is 6.28. The molecule has 0 aliphatic heterocycles. The fraction of sp³-hybridized carbons (Fsp3) is 0.600. The summed E-state index contributed by atoms with van der Waals surface area (Å²) in [6.45, 7) is 2.75. The number of hydrogen-bond acceptors (Lipinski definition) is 6. The molecule has 0 aliphatic rings. The van der Waals surface area contributed by atoms with Crippen LogP contribution in [0.25, 0.3) is 0 Å². The van der Waals surface area contributed by atoms with Gasteiger partial charge in [0.25, 0.3) is 0 Å². The maximum absolute atomic E-state index is 11.4. The molecule has 1 aromatic heterocycles. The summed E-state index contributed by atoms with van der Waals surface area (Å²) in [6, 6.07) is 0. The van der Waals surface area contributed by atoms with E-state index in [1.165, 1.54) is 0 Å². The van der Waals surface area contributed by atoms with Crippen LogP contribution >= 0.6 is 11.6 Å². The van der Waals surface area contributed by atoms with Crippen molar-refractivity contribution in [2.75, 3.05) is 37.4 Å². The zero-order valence-electron chi connectivity index (χ0n) is 10.7. The molecule has 0 unspecified atom stereocenters. The van der Waals surface area contributed by atoms with E-state index in [0.717, 1.165) is 6.42 Å². The van der Waals surface area contributed by atoms with Gasteiger partial charge in [0.2, 0.25) is 23.1 Å². The Balaban J connectivity index is 2.59. The third-order valence-corrected chi connectivity index (χ3v) is 2.14. The van der Waals surface area contributed by atoms with Crippen LogP contribution in [0, 0.1) is 0 Å². The Hall–Kier alpha value is -1.63. The van der Waals surface area contributed by atoms with E-state index in [1.54, 1.807) is 19.0 Å². The van der Waals surface area contributed by atoms with Crippen molar-refractivity contribution in [1.29, 1.82) is 0 Å². The van der Waals surface area contributed by atoms with Gasteiger partial charge in [0, 0.05) is 20.6 Å². The number of carbonyl (C=O) groups excluding carboxylic acids is 1. The van der Waals surface area contributed by atoms with E-state index in [1.807, 2.05) is 6.92 Å². The summed E-state index contributed by atoms with van der Waals surface area (Å²) >= 11 is 5.76. The molecule has 8 heteroatoms. The van der Waals surface area contributed by atoms with Crippen LogP contribution in [-0.4, -0.2) is 48.0 Å². The van der Waals surface area contributed by atoms with Gasteiger partial charge in [0.15, 0.2) is 0 Å². The summed E-state index contributed by atoms with van der Waals surface area (Å²) in [7, 11) is 3.59. The molecule has 100 valence electrons. The van der Waals surface area contributed by atoms with Gasteiger partial charge in [0.05, 0.1) is 6.54 Å². The standard InChI is InChI=1S/C10H17ClN6O/c1-4-5-12-7(18)6-13-9-14-8(11)15-10(16-9)17(2)3/h4-6H2,1-3H3,(H,12,18)(H,13,14,15,16). The molecule has 0 aliphatic carbocycles. The summed E-state index contributed by atoms with van der Waals surface area (Å²) in [5.41, 5.74) is 0. The van der Waals surface area contributed by atoms with Crippen molar-refractivity contribution in [2.24, 2.45) is 0 Å². The first kappa shape index (κ1) is 14.4. The van der Waals surface area contributed by atoms with E-state index >= 15 is 0 Å². The molecule has 7 nitrogen and oxygen atoms in total. The first-order valence-electron chi connectivity index (χ1n) is 5.62. The van der Waals surface area contributed by atoms with Crippen LogP contribution in [0.3, 0.4) is 0 Å². The molecular weight excluding hydrogens is 256 g/mol. The molecule has 1 amide bonds. The molecule has 2 N–H and O–H groups in total. The molecule has 0 atom stereocenters. The number of hydrogen-bond donors (Lipinski definition) is 2. The molecule has 1 aromatic rings. The van der Waals surface area contributed by atoms with Crippen LogP contribution in [0.15, 0.2) is 0 Å². The van der Waals surface area contributed by atoms with Crippen molar-refractivity contribution in [3.8, 4) is 0 Å². The Morgan fingerprint density at radius 3 is 2.67 bits per heavy atom. The zero-order chi connectivity index (χ0) is 13.5. The van der Waals surface area contributed by atoms with E-state index in [0.29, 0.717) is 12.5 Å². The fourth-order valence-corrected chi connectivity index (χ4v) is 1.26. The Bertz CT molecular complexity index is 411. The zero-order valence-corrected chi connectivity index (χ0v) is 11.5. The van der Waals surface area contributed by atoms with Crippen LogP contribution in [0.5, 0.6) is 0 Å². The van der Waals surface area contributed by atoms with Crippen molar-refractivity contribution in [3.63, 3.8) is 0 Å². The SMILES string of the molecule is CCCNC(=O)CNc1nc(Cl)nc(N(C)C)n1. The first-order valence-corrected chi connectivity index (χ1v) is 6.00. The van der Waals surface area contributed by atoms with E-state index in [9.17, 15) is 4.79 Å². The molecule has 0 saturated carbocycles. The lowest BCUT2D eigenvalue weighted by Gasteiger charge is -2.11. The van der Waals surface area contributed by atoms with Crippen LogP contribution in [-0.2, 0) is 4.79 Å². The average Bonchev–Trinajstić information content (AvgIpc) is 2.33. The van der Waals surface area contributed by atoms with Gasteiger partial charge in [-0.1, -0.05) is 6.92 Å². The van der Waals surface area contributed by atoms with Crippen LogP contribution in [0.2, 0.25) is 5.28 Å². The van der Waals surface area contributed by atoms with Crippen LogP contribution in [0.1, 0.15) is 13.3 Å². The lowest BCUT2D eigenvalue weighted by molar-refractivity contribution is -0.119. The van der Waals surface area contributed by atoms with Gasteiger partial charge in [-0.05, 0) is 18.0 Å². The number of halogens is 1. The molecule has 0 bridgehead atoms. The second-order valence-corrected chi connectivity index (χ2v) is 4.16. The minimum Gasteiger partial charge on any atom is -0.355 e. The fourth-order valence-electron chi connectivity index (χ4n) is 1.10. The lowest BCUT2D eigenvalue weighted by atomic mass is 10.4. The highest BCUT2D eigenvalue weighted by Crippen LogP contribution is 2.10. The van der Waals surface area contributed by atoms with Gasteiger partial charge in [0.1, 0.15) is 0 Å². The Labute approximate surface area is 111 Å². The predicted octanol–water partition coefficient (Wildman–Crippen LogP) is 0.529. The van der Waals surface area contributed by atoms with Gasteiger partial charge in [-0.15, -0.1) is 0 Å². The van der Waals surface area contributed by atoms with E-state index in [-0.39, 0.29) is 23.7 Å². The second-order valence-electron chi connectivity index (χ2n) is 3.83. The quantitative estimate of drug-likeness (QED) is 0.786. The van der Waals surface area contributed by atoms with Gasteiger partial charge >= 0.3 is 0 Å². The average molecular weight is 273 g/mol. The molecular formula is C10H17ClN6O. The van der Waals surface area contributed by atoms with E-state index < -0.39 is 0 Å². The summed E-state index contributed by atoms with van der Waals surface area (Å²) in [6.07, 6.45) is 0.897. The molecule has 0 saturated heterocycles. The molecule has 0 aromatic carbocycles. The number of aromatic nitrogens is 3. The number of anilines is 2. The minimum absolute atomic E-state index is 0.0881. The van der Waals surface area contributed by atoms with Gasteiger partial charge in [-0.2, -0.15) is 15.0 Å².